The Morgan fingerprint density at radius 3 is 2.04 bits per heavy atom. The minimum atomic E-state index is -0.157. The zero-order valence-corrected chi connectivity index (χ0v) is 16.8. The van der Waals surface area contributed by atoms with Crippen molar-refractivity contribution in [1.82, 2.24) is 0 Å². The average Bonchev–Trinajstić information content (AvgIpc) is 2.65. The molecule has 0 rings (SSSR count). The van der Waals surface area contributed by atoms with Gasteiger partial charge in [-0.1, -0.05) is 49.5 Å². The van der Waals surface area contributed by atoms with Crippen molar-refractivity contribution < 1.29 is 19.1 Å². The van der Waals surface area contributed by atoms with E-state index in [0.29, 0.717) is 12.0 Å². The van der Waals surface area contributed by atoms with Crippen molar-refractivity contribution in [2.45, 2.75) is 46.3 Å². The Morgan fingerprint density at radius 1 is 0.923 bits per heavy atom. The third-order valence-electron chi connectivity index (χ3n) is 3.97. The second-order valence-electron chi connectivity index (χ2n) is 6.27. The molecule has 0 aromatic carbocycles. The fourth-order valence-electron chi connectivity index (χ4n) is 2.16. The van der Waals surface area contributed by atoms with Gasteiger partial charge in [-0.05, 0) is 43.9 Å². The summed E-state index contributed by atoms with van der Waals surface area (Å²) in [5.41, 5.74) is 2.82. The predicted molar refractivity (Wildman–Crippen MR) is 107 cm³/mol. The molecule has 0 N–H and O–H groups in total. The van der Waals surface area contributed by atoms with E-state index in [-0.39, 0.29) is 18.1 Å². The van der Waals surface area contributed by atoms with Crippen molar-refractivity contribution in [2.75, 3.05) is 14.2 Å². The van der Waals surface area contributed by atoms with Gasteiger partial charge in [0.05, 0.1) is 12.2 Å². The molecular formula is C22H32O4. The Balaban J connectivity index is 4.92. The molecule has 0 bridgehead atoms. The zero-order valence-electron chi connectivity index (χ0n) is 16.8. The van der Waals surface area contributed by atoms with E-state index in [0.717, 1.165) is 23.7 Å². The highest BCUT2D eigenvalue weighted by Gasteiger charge is 2.07. The van der Waals surface area contributed by atoms with E-state index in [4.69, 9.17) is 9.47 Å². The molecule has 4 heteroatoms. The van der Waals surface area contributed by atoms with Gasteiger partial charge in [-0.15, -0.1) is 0 Å². The highest BCUT2D eigenvalue weighted by Crippen LogP contribution is 2.12. The molecule has 0 fully saturated rings. The molecule has 0 radical (unpaired) electrons. The van der Waals surface area contributed by atoms with Gasteiger partial charge in [0.2, 0.25) is 0 Å². The summed E-state index contributed by atoms with van der Waals surface area (Å²) < 4.78 is 10.9. The maximum Gasteiger partial charge on any atom is 0.145 e. The van der Waals surface area contributed by atoms with Crippen LogP contribution < -0.4 is 0 Å². The lowest BCUT2D eigenvalue weighted by molar-refractivity contribution is -0.109. The van der Waals surface area contributed by atoms with Gasteiger partial charge in [0.1, 0.15) is 12.6 Å². The second-order valence-corrected chi connectivity index (χ2v) is 6.27. The Kier molecular flexibility index (Phi) is 13.1. The van der Waals surface area contributed by atoms with Gasteiger partial charge in [0.15, 0.2) is 0 Å². The van der Waals surface area contributed by atoms with Crippen LogP contribution >= 0.6 is 0 Å². The normalized spacial score (nSPS) is 17.5. The van der Waals surface area contributed by atoms with Crippen LogP contribution in [0.4, 0.5) is 0 Å². The Morgan fingerprint density at radius 2 is 1.54 bits per heavy atom. The van der Waals surface area contributed by atoms with Crippen LogP contribution in [0.25, 0.3) is 0 Å². The summed E-state index contributed by atoms with van der Waals surface area (Å²) in [6.07, 6.45) is 15.7. The molecule has 144 valence electrons. The van der Waals surface area contributed by atoms with Gasteiger partial charge < -0.3 is 14.3 Å². The van der Waals surface area contributed by atoms with Crippen molar-refractivity contribution in [3.63, 3.8) is 0 Å². The fraction of sp³-hybridized carbons (Fsp3) is 0.455. The molecule has 0 saturated heterocycles. The number of carbonyl (C=O) groups is 2. The maximum absolute atomic E-state index is 10.7. The molecule has 0 aliphatic carbocycles. The van der Waals surface area contributed by atoms with E-state index in [1.807, 2.05) is 63.3 Å². The molecule has 0 amide bonds. The van der Waals surface area contributed by atoms with E-state index in [1.54, 1.807) is 21.1 Å². The second kappa shape index (κ2) is 14.2. The number of hydrogen-bond acceptors (Lipinski definition) is 4. The van der Waals surface area contributed by atoms with Crippen molar-refractivity contribution in [3.05, 3.63) is 59.3 Å². The molecule has 4 nitrogen and oxygen atoms in total. The Labute approximate surface area is 158 Å². The van der Waals surface area contributed by atoms with Gasteiger partial charge in [-0.3, -0.25) is 4.79 Å². The molecule has 26 heavy (non-hydrogen) atoms. The van der Waals surface area contributed by atoms with Crippen molar-refractivity contribution in [2.24, 2.45) is 5.92 Å². The van der Waals surface area contributed by atoms with Gasteiger partial charge in [0, 0.05) is 20.1 Å². The number of ether oxygens (including phenoxy) is 2. The molecule has 0 aromatic rings. The summed E-state index contributed by atoms with van der Waals surface area (Å²) in [5.74, 6) is -0.121. The van der Waals surface area contributed by atoms with Crippen LogP contribution in [-0.4, -0.2) is 39.0 Å². The van der Waals surface area contributed by atoms with Gasteiger partial charge >= 0.3 is 0 Å². The largest absolute Gasteiger partial charge is 0.377 e. The van der Waals surface area contributed by atoms with Crippen LogP contribution in [0.5, 0.6) is 0 Å². The smallest absolute Gasteiger partial charge is 0.145 e. The molecule has 3 atom stereocenters. The summed E-state index contributed by atoms with van der Waals surface area (Å²) in [4.78, 5) is 21.3. The van der Waals surface area contributed by atoms with Crippen LogP contribution in [0.15, 0.2) is 59.3 Å². The lowest BCUT2D eigenvalue weighted by Crippen LogP contribution is -2.11. The first-order valence-corrected chi connectivity index (χ1v) is 8.72. The highest BCUT2D eigenvalue weighted by atomic mass is 16.5. The molecule has 0 aliphatic heterocycles. The van der Waals surface area contributed by atoms with Crippen molar-refractivity contribution in [3.8, 4) is 0 Å². The number of aldehydes is 2. The maximum atomic E-state index is 10.7. The summed E-state index contributed by atoms with van der Waals surface area (Å²) in [6.45, 7) is 7.60. The third-order valence-corrected chi connectivity index (χ3v) is 3.97. The topological polar surface area (TPSA) is 52.6 Å². The summed E-state index contributed by atoms with van der Waals surface area (Å²) in [5, 5.41) is 0. The predicted octanol–water partition coefficient (Wildman–Crippen LogP) is 4.39. The SMILES string of the molecule is COC(/C=C/C(C)C=O)/C(C)=C/C=C/C=C(\C)C(C/C=C(\C)C=O)OC. The van der Waals surface area contributed by atoms with Crippen molar-refractivity contribution in [1.29, 1.82) is 0 Å². The fourth-order valence-corrected chi connectivity index (χ4v) is 2.16. The van der Waals surface area contributed by atoms with Crippen LogP contribution in [0, 0.1) is 5.92 Å². The monoisotopic (exact) mass is 360 g/mol. The molecule has 3 unspecified atom stereocenters. The van der Waals surface area contributed by atoms with E-state index < -0.39 is 0 Å². The summed E-state index contributed by atoms with van der Waals surface area (Å²) in [7, 11) is 3.30. The third kappa shape index (κ3) is 10.1. The van der Waals surface area contributed by atoms with E-state index >= 15 is 0 Å². The first-order chi connectivity index (χ1) is 12.4. The van der Waals surface area contributed by atoms with E-state index in [1.165, 1.54) is 0 Å². The first kappa shape index (κ1) is 24.0. The number of carbonyl (C=O) groups excluding carboxylic acids is 2. The Bertz CT molecular complexity index is 579. The Hall–Kier alpha value is -2.04. The van der Waals surface area contributed by atoms with E-state index in [9.17, 15) is 9.59 Å². The molecule has 0 spiro atoms. The van der Waals surface area contributed by atoms with E-state index in [2.05, 4.69) is 0 Å². The minimum Gasteiger partial charge on any atom is -0.377 e. The van der Waals surface area contributed by atoms with Crippen LogP contribution in [0.3, 0.4) is 0 Å². The van der Waals surface area contributed by atoms with Crippen LogP contribution in [-0.2, 0) is 19.1 Å². The first-order valence-electron chi connectivity index (χ1n) is 8.72. The zero-order chi connectivity index (χ0) is 19.9. The molecular weight excluding hydrogens is 328 g/mol. The lowest BCUT2D eigenvalue weighted by atomic mass is 10.1. The van der Waals surface area contributed by atoms with Crippen molar-refractivity contribution >= 4 is 12.6 Å². The van der Waals surface area contributed by atoms with Gasteiger partial charge in [-0.2, -0.15) is 0 Å². The van der Waals surface area contributed by atoms with Crippen LogP contribution in [0.2, 0.25) is 0 Å². The summed E-state index contributed by atoms with van der Waals surface area (Å²) >= 11 is 0. The van der Waals surface area contributed by atoms with Gasteiger partial charge in [-0.25, -0.2) is 0 Å². The summed E-state index contributed by atoms with van der Waals surface area (Å²) in [6, 6.07) is 0. The number of hydrogen-bond donors (Lipinski definition) is 0. The quantitative estimate of drug-likeness (QED) is 0.224. The molecule has 0 aliphatic rings. The number of rotatable bonds is 12. The highest BCUT2D eigenvalue weighted by molar-refractivity contribution is 5.71. The molecule has 0 aromatic heterocycles. The number of methoxy groups -OCH3 is 2. The minimum absolute atomic E-state index is 0.0564. The standard InChI is InChI=1S/C22H32O4/c1-17(15-23)11-13-21(25-5)19(3)9-7-8-10-20(4)22(26-6)14-12-18(2)16-24/h7-13,15-17,21-22H,14H2,1-6H3/b8-7+,13-11+,18-12+,19-9+,20-10+. The number of allylic oxidation sites excluding steroid dienone is 6. The average molecular weight is 360 g/mol. The lowest BCUT2D eigenvalue weighted by Gasteiger charge is -2.13. The van der Waals surface area contributed by atoms with Gasteiger partial charge in [0.25, 0.3) is 0 Å². The molecule has 0 saturated carbocycles. The molecule has 0 heterocycles. The van der Waals surface area contributed by atoms with Crippen LogP contribution in [0.1, 0.15) is 34.1 Å².